The van der Waals surface area contributed by atoms with Gasteiger partial charge in [-0.2, -0.15) is 5.10 Å². The lowest BCUT2D eigenvalue weighted by Crippen LogP contribution is -2.61. The molecule has 2 aliphatic rings. The first-order valence-corrected chi connectivity index (χ1v) is 11.6. The number of carbonyl (C=O) groups is 3. The molecule has 0 bridgehead atoms. The minimum absolute atomic E-state index is 0.144. The van der Waals surface area contributed by atoms with E-state index < -0.39 is 18.0 Å². The lowest BCUT2D eigenvalue weighted by atomic mass is 10.0. The standard InChI is InChI=1S/C25H24N8O3/c1-14-11-20(28-24(36)21(34)17-12-26-19-10-6-5-9-16(17)19)33(31-14)25-29-22-18(23(35)30-25)13-27-32(22)15-7-3-2-4-8-15/h2-12,18,22,25-27,29H,13H2,1H3,(H,28,36)(H,30,35). The van der Waals surface area contributed by atoms with Gasteiger partial charge < -0.3 is 15.6 Å². The number of fused-ring (bicyclic) bond motifs is 2. The molecule has 6 rings (SSSR count). The van der Waals surface area contributed by atoms with Gasteiger partial charge in [-0.3, -0.25) is 24.7 Å². The molecule has 0 aliphatic carbocycles. The number of aryl methyl sites for hydroxylation is 1. The van der Waals surface area contributed by atoms with Gasteiger partial charge in [0.1, 0.15) is 12.0 Å². The summed E-state index contributed by atoms with van der Waals surface area (Å²) in [5.41, 5.74) is 5.87. The Bertz CT molecular complexity index is 1480. The van der Waals surface area contributed by atoms with Crippen LogP contribution in [0.1, 0.15) is 22.3 Å². The molecule has 2 fully saturated rings. The predicted octanol–water partition coefficient (Wildman–Crippen LogP) is 1.64. The Balaban J connectivity index is 1.25. The second-order valence-electron chi connectivity index (χ2n) is 8.84. The van der Waals surface area contributed by atoms with Crippen molar-refractivity contribution in [2.45, 2.75) is 19.4 Å². The molecule has 4 aromatic rings. The van der Waals surface area contributed by atoms with Crippen molar-refractivity contribution < 1.29 is 14.4 Å². The number of aromatic nitrogens is 3. The number of aromatic amines is 1. The summed E-state index contributed by atoms with van der Waals surface area (Å²) in [4.78, 5) is 41.9. The fraction of sp³-hybridized carbons (Fsp3) is 0.200. The Morgan fingerprint density at radius 1 is 1.08 bits per heavy atom. The van der Waals surface area contributed by atoms with Crippen LogP contribution >= 0.6 is 0 Å². The van der Waals surface area contributed by atoms with Gasteiger partial charge in [0.15, 0.2) is 6.29 Å². The van der Waals surface area contributed by atoms with E-state index in [1.807, 2.05) is 53.5 Å². The molecule has 36 heavy (non-hydrogen) atoms. The third-order valence-corrected chi connectivity index (χ3v) is 6.50. The normalized spacial score (nSPS) is 21.3. The second-order valence-corrected chi connectivity index (χ2v) is 8.84. The number of hydrazine groups is 1. The van der Waals surface area contributed by atoms with Gasteiger partial charge in [0.05, 0.1) is 22.9 Å². The molecule has 2 aromatic carbocycles. The number of ketones is 1. The van der Waals surface area contributed by atoms with E-state index in [1.165, 1.54) is 10.9 Å². The first-order chi connectivity index (χ1) is 17.5. The fourth-order valence-corrected chi connectivity index (χ4v) is 4.79. The highest BCUT2D eigenvalue weighted by atomic mass is 16.2. The summed E-state index contributed by atoms with van der Waals surface area (Å²) in [7, 11) is 0. The maximum atomic E-state index is 13.0. The van der Waals surface area contributed by atoms with Crippen LogP contribution in [0.2, 0.25) is 0 Å². The molecule has 2 aromatic heterocycles. The van der Waals surface area contributed by atoms with E-state index in [-0.39, 0.29) is 23.6 Å². The maximum Gasteiger partial charge on any atom is 0.297 e. The molecule has 0 spiro atoms. The van der Waals surface area contributed by atoms with Gasteiger partial charge >= 0.3 is 0 Å². The average Bonchev–Trinajstić information content (AvgIpc) is 3.60. The van der Waals surface area contributed by atoms with Crippen LogP contribution in [0.3, 0.4) is 0 Å². The number of rotatable bonds is 5. The number of nitrogens with zero attached hydrogens (tertiary/aromatic N) is 3. The largest absolute Gasteiger partial charge is 0.360 e. The number of anilines is 2. The van der Waals surface area contributed by atoms with Gasteiger partial charge in [-0.05, 0) is 25.1 Å². The highest BCUT2D eigenvalue weighted by molar-refractivity contribution is 6.48. The molecule has 4 heterocycles. The van der Waals surface area contributed by atoms with Crippen LogP contribution in [-0.2, 0) is 9.59 Å². The third kappa shape index (κ3) is 3.70. The van der Waals surface area contributed by atoms with E-state index in [0.29, 0.717) is 23.4 Å². The van der Waals surface area contributed by atoms with E-state index in [1.54, 1.807) is 19.1 Å². The van der Waals surface area contributed by atoms with Gasteiger partial charge in [0, 0.05) is 29.7 Å². The van der Waals surface area contributed by atoms with Gasteiger partial charge in [0.25, 0.3) is 11.7 Å². The van der Waals surface area contributed by atoms with Gasteiger partial charge in [-0.1, -0.05) is 36.4 Å². The van der Waals surface area contributed by atoms with Crippen LogP contribution < -0.4 is 26.4 Å². The van der Waals surface area contributed by atoms with E-state index in [2.05, 4.69) is 31.5 Å². The van der Waals surface area contributed by atoms with E-state index >= 15 is 0 Å². The molecule has 2 amide bonds. The smallest absolute Gasteiger partial charge is 0.297 e. The van der Waals surface area contributed by atoms with Crippen LogP contribution in [0.5, 0.6) is 0 Å². The highest BCUT2D eigenvalue weighted by Gasteiger charge is 2.45. The molecule has 182 valence electrons. The van der Waals surface area contributed by atoms with Crippen LogP contribution in [-0.4, -0.2) is 45.1 Å². The summed E-state index contributed by atoms with van der Waals surface area (Å²) in [6.07, 6.45) is 0.452. The van der Waals surface area contributed by atoms with Gasteiger partial charge in [-0.25, -0.2) is 10.1 Å². The van der Waals surface area contributed by atoms with Crippen molar-refractivity contribution in [3.8, 4) is 0 Å². The van der Waals surface area contributed by atoms with Crippen LogP contribution in [0.15, 0.2) is 66.9 Å². The summed E-state index contributed by atoms with van der Waals surface area (Å²) in [5, 5.41) is 16.1. The van der Waals surface area contributed by atoms with Gasteiger partial charge in [-0.15, -0.1) is 0 Å². The van der Waals surface area contributed by atoms with Crippen LogP contribution in [0.25, 0.3) is 10.9 Å². The number of Topliss-reactive ketones (excluding diaryl/α,β-unsaturated/α-hetero) is 1. The lowest BCUT2D eigenvalue weighted by Gasteiger charge is -2.37. The number of hydrogen-bond donors (Lipinski definition) is 5. The molecule has 0 saturated carbocycles. The molecule has 3 unspecified atom stereocenters. The van der Waals surface area contributed by atoms with Crippen molar-refractivity contribution in [1.29, 1.82) is 0 Å². The number of nitrogens with one attached hydrogen (secondary N) is 5. The summed E-state index contributed by atoms with van der Waals surface area (Å²) < 4.78 is 1.48. The van der Waals surface area contributed by atoms with Crippen molar-refractivity contribution in [3.63, 3.8) is 0 Å². The summed E-state index contributed by atoms with van der Waals surface area (Å²) >= 11 is 0. The summed E-state index contributed by atoms with van der Waals surface area (Å²) in [6, 6.07) is 18.6. The number of H-pyrrole nitrogens is 1. The predicted molar refractivity (Wildman–Crippen MR) is 133 cm³/mol. The highest BCUT2D eigenvalue weighted by Crippen LogP contribution is 2.28. The van der Waals surface area contributed by atoms with E-state index in [9.17, 15) is 14.4 Å². The average molecular weight is 485 g/mol. The molecule has 5 N–H and O–H groups in total. The van der Waals surface area contributed by atoms with Crippen molar-refractivity contribution in [3.05, 3.63) is 78.1 Å². The fourth-order valence-electron chi connectivity index (χ4n) is 4.79. The number of amides is 2. The molecule has 0 radical (unpaired) electrons. The zero-order chi connectivity index (χ0) is 24.8. The number of hydrogen-bond acceptors (Lipinski definition) is 7. The molecule has 2 saturated heterocycles. The number of para-hydroxylation sites is 2. The van der Waals surface area contributed by atoms with Crippen molar-refractivity contribution >= 4 is 40.0 Å². The molecule has 3 atom stereocenters. The Morgan fingerprint density at radius 2 is 1.86 bits per heavy atom. The number of benzene rings is 2. The van der Waals surface area contributed by atoms with E-state index in [0.717, 1.165) is 11.2 Å². The third-order valence-electron chi connectivity index (χ3n) is 6.50. The Labute approximate surface area is 205 Å². The lowest BCUT2D eigenvalue weighted by molar-refractivity contribution is -0.129. The summed E-state index contributed by atoms with van der Waals surface area (Å²) in [5.74, 6) is -1.64. The van der Waals surface area contributed by atoms with Crippen molar-refractivity contribution in [2.24, 2.45) is 5.92 Å². The monoisotopic (exact) mass is 484 g/mol. The Kier molecular flexibility index (Phi) is 5.28. The van der Waals surface area contributed by atoms with Crippen LogP contribution in [0, 0.1) is 12.8 Å². The topological polar surface area (TPSA) is 136 Å². The first kappa shape index (κ1) is 22.0. The maximum absolute atomic E-state index is 13.0. The quantitative estimate of drug-likeness (QED) is 0.215. The zero-order valence-electron chi connectivity index (χ0n) is 19.4. The molecule has 11 nitrogen and oxygen atoms in total. The summed E-state index contributed by atoms with van der Waals surface area (Å²) in [6.45, 7) is 2.25. The minimum Gasteiger partial charge on any atom is -0.360 e. The van der Waals surface area contributed by atoms with Crippen molar-refractivity contribution in [2.75, 3.05) is 16.9 Å². The van der Waals surface area contributed by atoms with Crippen molar-refractivity contribution in [1.82, 2.24) is 30.8 Å². The Morgan fingerprint density at radius 3 is 2.69 bits per heavy atom. The molecular formula is C25H24N8O3. The molecule has 2 aliphatic heterocycles. The minimum atomic E-state index is -0.797. The first-order valence-electron chi connectivity index (χ1n) is 11.6. The SMILES string of the molecule is Cc1cc(NC(=O)C(=O)c2c[nH]c3ccccc23)n(C2NC(=O)C3CNN(c4ccccc4)C3N2)n1. The zero-order valence-corrected chi connectivity index (χ0v) is 19.4. The second kappa shape index (κ2) is 8.63. The van der Waals surface area contributed by atoms with Gasteiger partial charge in [0.2, 0.25) is 5.91 Å². The molecule has 11 heteroatoms. The molecular weight excluding hydrogens is 460 g/mol. The van der Waals surface area contributed by atoms with E-state index in [4.69, 9.17) is 0 Å². The van der Waals surface area contributed by atoms with Crippen LogP contribution in [0.4, 0.5) is 11.5 Å². The number of carbonyl (C=O) groups excluding carboxylic acids is 3. The Hall–Kier alpha value is -4.48.